The Hall–Kier alpha value is -1.42. The van der Waals surface area contributed by atoms with Crippen LogP contribution in [0.15, 0.2) is 18.2 Å². The van der Waals surface area contributed by atoms with Gasteiger partial charge in [-0.1, -0.05) is 6.07 Å². The van der Waals surface area contributed by atoms with Crippen LogP contribution in [0.2, 0.25) is 0 Å². The molecule has 0 saturated heterocycles. The largest absolute Gasteiger partial charge is 0.330 e. The van der Waals surface area contributed by atoms with E-state index in [0.29, 0.717) is 6.54 Å². The van der Waals surface area contributed by atoms with Crippen molar-refractivity contribution in [2.75, 3.05) is 6.54 Å². The average Bonchev–Trinajstić information content (AvgIpc) is 2.55. The van der Waals surface area contributed by atoms with Crippen molar-refractivity contribution in [3.63, 3.8) is 0 Å². The van der Waals surface area contributed by atoms with Crippen LogP contribution in [0.1, 0.15) is 17.9 Å². The molecule has 0 amide bonds. The highest BCUT2D eigenvalue weighted by Crippen LogP contribution is 2.07. The maximum Gasteiger partial charge on any atom is 0.155 e. The van der Waals surface area contributed by atoms with Gasteiger partial charge in [-0.05, 0) is 38.4 Å². The minimum absolute atomic E-state index is 0.712. The average molecular weight is 190 g/mol. The molecule has 2 N–H and O–H groups in total. The Labute approximate surface area is 82.8 Å². The Morgan fingerprint density at radius 3 is 3.07 bits per heavy atom. The molecular weight excluding hydrogens is 176 g/mol. The summed E-state index contributed by atoms with van der Waals surface area (Å²) in [4.78, 5) is 4.30. The summed E-state index contributed by atoms with van der Waals surface area (Å²) in [5, 5.41) is 4.33. The summed E-state index contributed by atoms with van der Waals surface area (Å²) in [6, 6.07) is 6.04. The molecular formula is C10H14N4. The van der Waals surface area contributed by atoms with Gasteiger partial charge in [0.1, 0.15) is 5.82 Å². The first-order valence-corrected chi connectivity index (χ1v) is 4.82. The molecule has 4 nitrogen and oxygen atoms in total. The van der Waals surface area contributed by atoms with Gasteiger partial charge in [-0.25, -0.2) is 9.50 Å². The van der Waals surface area contributed by atoms with Crippen molar-refractivity contribution in [3.05, 3.63) is 29.7 Å². The minimum atomic E-state index is 0.712. The third-order valence-electron chi connectivity index (χ3n) is 2.18. The number of hydrogen-bond donors (Lipinski definition) is 1. The van der Waals surface area contributed by atoms with Crippen LogP contribution in [0, 0.1) is 6.92 Å². The molecule has 2 rings (SSSR count). The second-order valence-electron chi connectivity index (χ2n) is 3.34. The van der Waals surface area contributed by atoms with Crippen LogP contribution < -0.4 is 5.73 Å². The van der Waals surface area contributed by atoms with Crippen molar-refractivity contribution < 1.29 is 0 Å². The van der Waals surface area contributed by atoms with E-state index in [1.807, 2.05) is 23.6 Å². The molecule has 0 spiro atoms. The lowest BCUT2D eigenvalue weighted by Gasteiger charge is -2.01. The van der Waals surface area contributed by atoms with Crippen molar-refractivity contribution in [3.8, 4) is 0 Å². The number of pyridine rings is 1. The fourth-order valence-electron chi connectivity index (χ4n) is 1.54. The van der Waals surface area contributed by atoms with Gasteiger partial charge in [-0.2, -0.15) is 5.10 Å². The predicted molar refractivity (Wildman–Crippen MR) is 55.1 cm³/mol. The molecule has 0 saturated carbocycles. The summed E-state index contributed by atoms with van der Waals surface area (Å²) in [6.45, 7) is 2.61. The highest BCUT2D eigenvalue weighted by atomic mass is 15.3. The molecule has 4 heteroatoms. The Kier molecular flexibility index (Phi) is 2.45. The lowest BCUT2D eigenvalue weighted by atomic mass is 10.2. The number of fused-ring (bicyclic) bond motifs is 1. The van der Waals surface area contributed by atoms with Crippen LogP contribution in [-0.2, 0) is 6.42 Å². The van der Waals surface area contributed by atoms with E-state index in [0.717, 1.165) is 24.3 Å². The van der Waals surface area contributed by atoms with Crippen LogP contribution in [0.4, 0.5) is 0 Å². The van der Waals surface area contributed by atoms with Crippen LogP contribution in [0.25, 0.3) is 5.65 Å². The quantitative estimate of drug-likeness (QED) is 0.783. The first-order chi connectivity index (χ1) is 6.81. The van der Waals surface area contributed by atoms with E-state index in [1.165, 1.54) is 5.69 Å². The Bertz CT molecular complexity index is 433. The number of aromatic nitrogens is 3. The molecule has 0 atom stereocenters. The van der Waals surface area contributed by atoms with E-state index in [4.69, 9.17) is 5.73 Å². The molecule has 2 aromatic rings. The third kappa shape index (κ3) is 1.61. The Morgan fingerprint density at radius 1 is 1.43 bits per heavy atom. The first-order valence-electron chi connectivity index (χ1n) is 4.82. The maximum atomic E-state index is 5.48. The zero-order valence-corrected chi connectivity index (χ0v) is 8.27. The van der Waals surface area contributed by atoms with Crippen molar-refractivity contribution in [2.45, 2.75) is 19.8 Å². The number of hydrogen-bond acceptors (Lipinski definition) is 3. The van der Waals surface area contributed by atoms with E-state index in [1.54, 1.807) is 0 Å². The molecule has 0 radical (unpaired) electrons. The van der Waals surface area contributed by atoms with Crippen LogP contribution in [0.5, 0.6) is 0 Å². The summed E-state index contributed by atoms with van der Waals surface area (Å²) < 4.78 is 1.89. The van der Waals surface area contributed by atoms with Gasteiger partial charge in [0.05, 0.1) is 0 Å². The molecule has 74 valence electrons. The predicted octanol–water partition coefficient (Wildman–Crippen LogP) is 0.929. The summed E-state index contributed by atoms with van der Waals surface area (Å²) in [5.74, 6) is 0.810. The van der Waals surface area contributed by atoms with Gasteiger partial charge in [-0.15, -0.1) is 0 Å². The standard InChI is InChI=1S/C10H14N4/c1-8-12-10-6-2-4-9(5-3-7-11)14(10)13-8/h2,4,6H,3,5,7,11H2,1H3. The number of nitrogens with two attached hydrogens (primary N) is 1. The van der Waals surface area contributed by atoms with Gasteiger partial charge >= 0.3 is 0 Å². The van der Waals surface area contributed by atoms with Crippen molar-refractivity contribution in [1.29, 1.82) is 0 Å². The third-order valence-corrected chi connectivity index (χ3v) is 2.18. The van der Waals surface area contributed by atoms with Gasteiger partial charge in [0, 0.05) is 5.69 Å². The zero-order chi connectivity index (χ0) is 9.97. The zero-order valence-electron chi connectivity index (χ0n) is 8.27. The van der Waals surface area contributed by atoms with Gasteiger partial charge in [0.2, 0.25) is 0 Å². The number of rotatable bonds is 3. The Balaban J connectivity index is 2.42. The maximum absolute atomic E-state index is 5.48. The monoisotopic (exact) mass is 190 g/mol. The lowest BCUT2D eigenvalue weighted by Crippen LogP contribution is -2.04. The summed E-state index contributed by atoms with van der Waals surface area (Å²) >= 11 is 0. The SMILES string of the molecule is Cc1nc2cccc(CCCN)n2n1. The van der Waals surface area contributed by atoms with Gasteiger partial charge < -0.3 is 5.73 Å². The molecule has 2 heterocycles. The second-order valence-corrected chi connectivity index (χ2v) is 3.34. The van der Waals surface area contributed by atoms with E-state index in [-0.39, 0.29) is 0 Å². The van der Waals surface area contributed by atoms with Crippen LogP contribution >= 0.6 is 0 Å². The molecule has 0 unspecified atom stereocenters. The van der Waals surface area contributed by atoms with E-state index < -0.39 is 0 Å². The van der Waals surface area contributed by atoms with Crippen LogP contribution in [0.3, 0.4) is 0 Å². The first kappa shape index (κ1) is 9.15. The van der Waals surface area contributed by atoms with Gasteiger partial charge in [0.15, 0.2) is 5.65 Å². The molecule has 0 fully saturated rings. The second kappa shape index (κ2) is 3.75. The molecule has 14 heavy (non-hydrogen) atoms. The van der Waals surface area contributed by atoms with E-state index in [2.05, 4.69) is 16.1 Å². The summed E-state index contributed by atoms with van der Waals surface area (Å²) in [7, 11) is 0. The molecule has 2 aromatic heterocycles. The van der Waals surface area contributed by atoms with E-state index >= 15 is 0 Å². The topological polar surface area (TPSA) is 56.2 Å². The molecule has 0 aliphatic carbocycles. The molecule has 0 bridgehead atoms. The van der Waals surface area contributed by atoms with Crippen molar-refractivity contribution in [1.82, 2.24) is 14.6 Å². The highest BCUT2D eigenvalue weighted by molar-refractivity contribution is 5.38. The van der Waals surface area contributed by atoms with Crippen LogP contribution in [-0.4, -0.2) is 21.1 Å². The molecule has 0 aliphatic heterocycles. The smallest absolute Gasteiger partial charge is 0.155 e. The van der Waals surface area contributed by atoms with Crippen molar-refractivity contribution >= 4 is 5.65 Å². The molecule has 0 aromatic carbocycles. The lowest BCUT2D eigenvalue weighted by molar-refractivity contribution is 0.763. The fourth-order valence-corrected chi connectivity index (χ4v) is 1.54. The number of nitrogens with zero attached hydrogens (tertiary/aromatic N) is 3. The van der Waals surface area contributed by atoms with Gasteiger partial charge in [-0.3, -0.25) is 0 Å². The number of aryl methyl sites for hydroxylation is 2. The normalized spacial score (nSPS) is 11.0. The molecule has 0 aliphatic rings. The van der Waals surface area contributed by atoms with Crippen molar-refractivity contribution in [2.24, 2.45) is 5.73 Å². The minimum Gasteiger partial charge on any atom is -0.330 e. The fraction of sp³-hybridized carbons (Fsp3) is 0.400. The summed E-state index contributed by atoms with van der Waals surface area (Å²) in [6.07, 6.45) is 1.94. The Morgan fingerprint density at radius 2 is 2.29 bits per heavy atom. The highest BCUT2D eigenvalue weighted by Gasteiger charge is 2.03. The van der Waals surface area contributed by atoms with E-state index in [9.17, 15) is 0 Å². The van der Waals surface area contributed by atoms with Gasteiger partial charge in [0.25, 0.3) is 0 Å². The summed E-state index contributed by atoms with van der Waals surface area (Å²) in [5.41, 5.74) is 7.57.